The van der Waals surface area contributed by atoms with Gasteiger partial charge in [-0.1, -0.05) is 0 Å². The minimum atomic E-state index is -1.88. The first-order valence-electron chi connectivity index (χ1n) is 4.97. The first-order chi connectivity index (χ1) is 8.17. The van der Waals surface area contributed by atoms with Crippen LogP contribution in [0.2, 0.25) is 0 Å². The molecule has 1 aromatic carbocycles. The molecule has 17 heavy (non-hydrogen) atoms. The Labute approximate surface area is 99.6 Å². The zero-order chi connectivity index (χ0) is 12.7. The van der Waals surface area contributed by atoms with E-state index in [9.17, 15) is 0 Å². The Hall–Kier alpha value is -1.75. The summed E-state index contributed by atoms with van der Waals surface area (Å²) in [5, 5.41) is 29.2. The van der Waals surface area contributed by atoms with Crippen LogP contribution in [0.15, 0.2) is 18.2 Å². The Bertz CT molecular complexity index is 406. The number of anilines is 1. The van der Waals surface area contributed by atoms with Gasteiger partial charge in [-0.25, -0.2) is 0 Å². The lowest BCUT2D eigenvalue weighted by molar-refractivity contribution is 0.211. The lowest BCUT2D eigenvalue weighted by atomic mass is 10.1. The number of hydrogen-bond acceptors (Lipinski definition) is 6. The predicted molar refractivity (Wildman–Crippen MR) is 62.3 cm³/mol. The van der Waals surface area contributed by atoms with Crippen LogP contribution >= 0.6 is 0 Å². The molecule has 7 heteroatoms. The minimum absolute atomic E-state index is 0.263. The van der Waals surface area contributed by atoms with Gasteiger partial charge in [-0.15, -0.1) is 0 Å². The number of rotatable bonds is 6. The Balaban J connectivity index is 2.79. The van der Waals surface area contributed by atoms with E-state index in [1.54, 1.807) is 7.11 Å². The van der Waals surface area contributed by atoms with Gasteiger partial charge in [0, 0.05) is 19.7 Å². The second-order valence-electron chi connectivity index (χ2n) is 3.18. The number of nitrogens with one attached hydrogen (secondary N) is 1. The zero-order valence-corrected chi connectivity index (χ0v) is 9.38. The number of ether oxygens (including phenoxy) is 1. The van der Waals surface area contributed by atoms with Crippen LogP contribution in [0.4, 0.5) is 5.69 Å². The van der Waals surface area contributed by atoms with Gasteiger partial charge in [-0.3, -0.25) is 0 Å². The van der Waals surface area contributed by atoms with Crippen LogP contribution < -0.4 is 9.97 Å². The molecule has 0 aromatic heterocycles. The van der Waals surface area contributed by atoms with E-state index in [-0.39, 0.29) is 5.75 Å². The van der Waals surface area contributed by atoms with Crippen molar-refractivity contribution in [3.63, 3.8) is 0 Å². The molecule has 0 amide bonds. The van der Waals surface area contributed by atoms with Gasteiger partial charge >= 0.3 is 7.32 Å². The maximum absolute atomic E-state index is 8.89. The summed E-state index contributed by atoms with van der Waals surface area (Å²) in [7, 11) is -0.302. The third kappa shape index (κ3) is 4.32. The quantitative estimate of drug-likeness (QED) is 0.474. The predicted octanol–water partition coefficient (Wildman–Crippen LogP) is -0.0351. The van der Waals surface area contributed by atoms with Crippen molar-refractivity contribution < 1.29 is 19.4 Å². The van der Waals surface area contributed by atoms with Crippen molar-refractivity contribution in [1.82, 2.24) is 0 Å². The summed E-state index contributed by atoms with van der Waals surface area (Å²) in [5.41, 5.74) is 1.00. The van der Waals surface area contributed by atoms with E-state index >= 15 is 0 Å². The van der Waals surface area contributed by atoms with Crippen molar-refractivity contribution in [2.75, 3.05) is 25.6 Å². The fourth-order valence-corrected chi connectivity index (χ4v) is 1.25. The van der Waals surface area contributed by atoms with Gasteiger partial charge in [-0.2, -0.15) is 5.26 Å². The van der Waals surface area contributed by atoms with Crippen LogP contribution in [0.3, 0.4) is 0 Å². The van der Waals surface area contributed by atoms with Crippen molar-refractivity contribution in [2.45, 2.75) is 0 Å². The van der Waals surface area contributed by atoms with Crippen molar-refractivity contribution >= 4 is 13.0 Å². The summed E-state index contributed by atoms with van der Waals surface area (Å²) in [6.45, 7) is 1.04. The monoisotopic (exact) mass is 236 g/mol. The molecule has 0 unspecified atom stereocenters. The standard InChI is InChI=1S/C10H13BN2O4/c1-16-5-4-13-10-6-9(17-11(14)15)3-2-8(10)7-12/h2-3,6,13-15H,4-5H2,1H3. The van der Waals surface area contributed by atoms with Crippen LogP contribution in [0, 0.1) is 11.3 Å². The molecule has 0 aliphatic heterocycles. The Morgan fingerprint density at radius 2 is 2.24 bits per heavy atom. The van der Waals surface area contributed by atoms with Crippen molar-refractivity contribution in [3.05, 3.63) is 23.8 Å². The molecule has 6 nitrogen and oxygen atoms in total. The number of hydrogen-bond donors (Lipinski definition) is 3. The fourth-order valence-electron chi connectivity index (χ4n) is 1.25. The topological polar surface area (TPSA) is 94.7 Å². The van der Waals surface area contributed by atoms with Crippen LogP contribution in [0.1, 0.15) is 5.56 Å². The Morgan fingerprint density at radius 3 is 2.82 bits per heavy atom. The van der Waals surface area contributed by atoms with Gasteiger partial charge in [0.2, 0.25) is 0 Å². The molecule has 0 aliphatic carbocycles. The van der Waals surface area contributed by atoms with E-state index in [0.29, 0.717) is 24.4 Å². The average Bonchev–Trinajstić information content (AvgIpc) is 2.29. The number of benzene rings is 1. The smallest absolute Gasteiger partial charge is 0.512 e. The van der Waals surface area contributed by atoms with E-state index < -0.39 is 7.32 Å². The second kappa shape index (κ2) is 6.76. The van der Waals surface area contributed by atoms with E-state index in [2.05, 4.69) is 5.32 Å². The van der Waals surface area contributed by atoms with Gasteiger partial charge < -0.3 is 24.8 Å². The fraction of sp³-hybridized carbons (Fsp3) is 0.300. The molecule has 0 bridgehead atoms. The summed E-state index contributed by atoms with van der Waals surface area (Å²) in [5.74, 6) is 0.263. The molecule has 0 spiro atoms. The van der Waals surface area contributed by atoms with E-state index in [1.165, 1.54) is 18.2 Å². The largest absolute Gasteiger partial charge is 0.707 e. The molecule has 90 valence electrons. The third-order valence-electron chi connectivity index (χ3n) is 1.97. The van der Waals surface area contributed by atoms with Gasteiger partial charge in [0.25, 0.3) is 0 Å². The first kappa shape index (κ1) is 13.3. The van der Waals surface area contributed by atoms with Gasteiger partial charge in [0.1, 0.15) is 11.8 Å². The SMILES string of the molecule is COCCNc1cc(OB(O)O)ccc1C#N. The van der Waals surface area contributed by atoms with Crippen molar-refractivity contribution in [2.24, 2.45) is 0 Å². The van der Waals surface area contributed by atoms with Crippen molar-refractivity contribution in [3.8, 4) is 11.8 Å². The number of methoxy groups -OCH3 is 1. The molecule has 1 aromatic rings. The number of nitriles is 1. The Morgan fingerprint density at radius 1 is 1.47 bits per heavy atom. The van der Waals surface area contributed by atoms with Crippen LogP contribution in [-0.4, -0.2) is 37.6 Å². The average molecular weight is 236 g/mol. The molecule has 0 aliphatic rings. The molecule has 0 atom stereocenters. The highest BCUT2D eigenvalue weighted by molar-refractivity contribution is 6.33. The van der Waals surface area contributed by atoms with Crippen molar-refractivity contribution in [1.29, 1.82) is 5.26 Å². The molecule has 1 rings (SSSR count). The molecular formula is C10H13BN2O4. The van der Waals surface area contributed by atoms with Crippen LogP contribution in [-0.2, 0) is 4.74 Å². The number of nitrogens with zero attached hydrogens (tertiary/aromatic N) is 1. The molecule has 0 heterocycles. The summed E-state index contributed by atoms with van der Waals surface area (Å²) in [6.07, 6.45) is 0. The molecule has 3 N–H and O–H groups in total. The maximum atomic E-state index is 8.89. The van der Waals surface area contributed by atoms with E-state index in [4.69, 9.17) is 24.7 Å². The molecule has 0 fully saturated rings. The first-order valence-corrected chi connectivity index (χ1v) is 4.97. The maximum Gasteiger partial charge on any atom is 0.707 e. The summed E-state index contributed by atoms with van der Waals surface area (Å²) in [4.78, 5) is 0. The normalized spacial score (nSPS) is 9.53. The molecular weight excluding hydrogens is 223 g/mol. The van der Waals surface area contributed by atoms with E-state index in [0.717, 1.165) is 0 Å². The summed E-state index contributed by atoms with van der Waals surface area (Å²) < 4.78 is 9.57. The molecule has 0 radical (unpaired) electrons. The van der Waals surface area contributed by atoms with Gasteiger partial charge in [0.05, 0.1) is 17.9 Å². The highest BCUT2D eigenvalue weighted by atomic mass is 16.6. The highest BCUT2D eigenvalue weighted by Crippen LogP contribution is 2.22. The summed E-state index contributed by atoms with van der Waals surface area (Å²) >= 11 is 0. The third-order valence-corrected chi connectivity index (χ3v) is 1.97. The van der Waals surface area contributed by atoms with Gasteiger partial charge in [0.15, 0.2) is 0 Å². The minimum Gasteiger partial charge on any atom is -0.512 e. The molecule has 0 saturated carbocycles. The van der Waals surface area contributed by atoms with E-state index in [1.807, 2.05) is 6.07 Å². The van der Waals surface area contributed by atoms with Crippen LogP contribution in [0.5, 0.6) is 5.75 Å². The highest BCUT2D eigenvalue weighted by Gasteiger charge is 2.12. The van der Waals surface area contributed by atoms with Crippen LogP contribution in [0.25, 0.3) is 0 Å². The second-order valence-corrected chi connectivity index (χ2v) is 3.18. The lowest BCUT2D eigenvalue weighted by Crippen LogP contribution is -2.20. The Kier molecular flexibility index (Phi) is 5.29. The van der Waals surface area contributed by atoms with Gasteiger partial charge in [-0.05, 0) is 12.1 Å². The molecule has 0 saturated heterocycles. The summed E-state index contributed by atoms with van der Waals surface area (Å²) in [6, 6.07) is 6.56. The lowest BCUT2D eigenvalue weighted by Gasteiger charge is -2.10. The zero-order valence-electron chi connectivity index (χ0n) is 9.38.